The Morgan fingerprint density at radius 3 is 2.94 bits per heavy atom. The third-order valence-corrected chi connectivity index (χ3v) is 3.11. The van der Waals surface area contributed by atoms with E-state index in [1.807, 2.05) is 0 Å². The van der Waals surface area contributed by atoms with Gasteiger partial charge in [0.2, 0.25) is 0 Å². The number of nitrogens with zero attached hydrogens (tertiary/aromatic N) is 1. The number of likely N-dealkylation sites (N-methyl/N-ethyl adjacent to an activating group) is 1. The molecule has 1 aliphatic rings. The summed E-state index contributed by atoms with van der Waals surface area (Å²) in [5.74, 6) is 0. The number of piperidine rings is 1. The lowest BCUT2D eigenvalue weighted by atomic mass is 10.1. The van der Waals surface area contributed by atoms with E-state index >= 15 is 0 Å². The van der Waals surface area contributed by atoms with Gasteiger partial charge >= 0.3 is 0 Å². The van der Waals surface area contributed by atoms with E-state index in [1.54, 1.807) is 0 Å². The van der Waals surface area contributed by atoms with Crippen molar-refractivity contribution in [3.8, 4) is 0 Å². The van der Waals surface area contributed by atoms with Gasteiger partial charge in [0.25, 0.3) is 0 Å². The number of nitrogens with one attached hydrogen (secondary N) is 1. The van der Waals surface area contributed by atoms with E-state index < -0.39 is 0 Å². The van der Waals surface area contributed by atoms with Crippen LogP contribution in [0.1, 0.15) is 39.5 Å². The summed E-state index contributed by atoms with van der Waals surface area (Å²) in [6, 6.07) is 0.718. The maximum absolute atomic E-state index is 5.51. The predicted octanol–water partition coefficient (Wildman–Crippen LogP) is 1.88. The average Bonchev–Trinajstić information content (AvgIpc) is 2.30. The standard InChI is InChI=1S/C13H28N2O/c1-3-10-16-11-6-9-15-8-5-7-13(12-15)14-4-2/h13-14H,3-12H2,1-2H3. The van der Waals surface area contributed by atoms with Crippen molar-refractivity contribution in [2.45, 2.75) is 45.6 Å². The van der Waals surface area contributed by atoms with Gasteiger partial charge in [-0.2, -0.15) is 0 Å². The molecule has 16 heavy (non-hydrogen) atoms. The first-order valence-electron chi connectivity index (χ1n) is 6.90. The highest BCUT2D eigenvalue weighted by atomic mass is 16.5. The Bertz CT molecular complexity index is 162. The zero-order valence-corrected chi connectivity index (χ0v) is 11.0. The Morgan fingerprint density at radius 2 is 2.19 bits per heavy atom. The molecular formula is C13H28N2O. The Balaban J connectivity index is 2.02. The lowest BCUT2D eigenvalue weighted by Crippen LogP contribution is -2.45. The van der Waals surface area contributed by atoms with Crippen molar-refractivity contribution in [1.82, 2.24) is 10.2 Å². The molecular weight excluding hydrogens is 200 g/mol. The zero-order chi connectivity index (χ0) is 11.6. The first kappa shape index (κ1) is 13.9. The molecule has 3 heteroatoms. The smallest absolute Gasteiger partial charge is 0.0478 e. The summed E-state index contributed by atoms with van der Waals surface area (Å²) in [6.07, 6.45) is 5.00. The minimum absolute atomic E-state index is 0.718. The van der Waals surface area contributed by atoms with Crippen LogP contribution in [-0.4, -0.2) is 50.3 Å². The lowest BCUT2D eigenvalue weighted by Gasteiger charge is -2.33. The second-order valence-electron chi connectivity index (χ2n) is 4.66. The van der Waals surface area contributed by atoms with Crippen LogP contribution in [0.25, 0.3) is 0 Å². The minimum atomic E-state index is 0.718. The van der Waals surface area contributed by atoms with Gasteiger partial charge in [-0.1, -0.05) is 13.8 Å². The van der Waals surface area contributed by atoms with Gasteiger partial charge in [0.15, 0.2) is 0 Å². The van der Waals surface area contributed by atoms with Crippen molar-refractivity contribution in [1.29, 1.82) is 0 Å². The second kappa shape index (κ2) is 8.97. The molecule has 0 radical (unpaired) electrons. The fourth-order valence-corrected chi connectivity index (χ4v) is 2.35. The van der Waals surface area contributed by atoms with Crippen LogP contribution in [0.5, 0.6) is 0 Å². The van der Waals surface area contributed by atoms with E-state index in [1.165, 1.54) is 38.9 Å². The molecule has 1 saturated heterocycles. The van der Waals surface area contributed by atoms with Crippen LogP contribution in [0, 0.1) is 0 Å². The number of rotatable bonds is 8. The van der Waals surface area contributed by atoms with Crippen molar-refractivity contribution in [2.24, 2.45) is 0 Å². The molecule has 1 N–H and O–H groups in total. The maximum Gasteiger partial charge on any atom is 0.0478 e. The van der Waals surface area contributed by atoms with Crippen molar-refractivity contribution in [3.05, 3.63) is 0 Å². The van der Waals surface area contributed by atoms with E-state index in [-0.39, 0.29) is 0 Å². The maximum atomic E-state index is 5.51. The van der Waals surface area contributed by atoms with Crippen LogP contribution in [0.3, 0.4) is 0 Å². The molecule has 1 aliphatic heterocycles. The molecule has 0 aromatic carbocycles. The number of likely N-dealkylation sites (tertiary alicyclic amines) is 1. The molecule has 0 aromatic rings. The Morgan fingerprint density at radius 1 is 1.31 bits per heavy atom. The van der Waals surface area contributed by atoms with Gasteiger partial charge in [-0.15, -0.1) is 0 Å². The van der Waals surface area contributed by atoms with Crippen molar-refractivity contribution in [2.75, 3.05) is 39.4 Å². The third-order valence-electron chi connectivity index (χ3n) is 3.11. The number of ether oxygens (including phenoxy) is 1. The molecule has 0 aliphatic carbocycles. The highest BCUT2D eigenvalue weighted by Gasteiger charge is 2.17. The summed E-state index contributed by atoms with van der Waals surface area (Å²) < 4.78 is 5.51. The third kappa shape index (κ3) is 5.83. The molecule has 1 rings (SSSR count). The van der Waals surface area contributed by atoms with Crippen molar-refractivity contribution in [3.63, 3.8) is 0 Å². The molecule has 96 valence electrons. The van der Waals surface area contributed by atoms with Gasteiger partial charge < -0.3 is 15.0 Å². The van der Waals surface area contributed by atoms with Crippen LogP contribution in [0.15, 0.2) is 0 Å². The summed E-state index contributed by atoms with van der Waals surface area (Å²) in [4.78, 5) is 2.58. The predicted molar refractivity (Wildman–Crippen MR) is 68.9 cm³/mol. The molecule has 0 bridgehead atoms. The summed E-state index contributed by atoms with van der Waals surface area (Å²) >= 11 is 0. The molecule has 3 nitrogen and oxygen atoms in total. The van der Waals surface area contributed by atoms with Gasteiger partial charge in [0, 0.05) is 32.3 Å². The summed E-state index contributed by atoms with van der Waals surface area (Å²) in [6.45, 7) is 11.0. The van der Waals surface area contributed by atoms with Crippen molar-refractivity contribution < 1.29 is 4.74 Å². The molecule has 0 aromatic heterocycles. The zero-order valence-electron chi connectivity index (χ0n) is 11.0. The van der Waals surface area contributed by atoms with E-state index in [0.717, 1.165) is 32.2 Å². The fraction of sp³-hybridized carbons (Fsp3) is 1.00. The van der Waals surface area contributed by atoms with Gasteiger partial charge in [0.05, 0.1) is 0 Å². The van der Waals surface area contributed by atoms with Crippen LogP contribution in [0.2, 0.25) is 0 Å². The lowest BCUT2D eigenvalue weighted by molar-refractivity contribution is 0.113. The normalized spacial score (nSPS) is 22.5. The highest BCUT2D eigenvalue weighted by molar-refractivity contribution is 4.77. The molecule has 0 saturated carbocycles. The first-order chi connectivity index (χ1) is 7.86. The molecule has 0 amide bonds. The number of hydrogen-bond donors (Lipinski definition) is 1. The van der Waals surface area contributed by atoms with Gasteiger partial charge in [0.1, 0.15) is 0 Å². The molecule has 0 spiro atoms. The van der Waals surface area contributed by atoms with Crippen LogP contribution < -0.4 is 5.32 Å². The van der Waals surface area contributed by atoms with Gasteiger partial charge in [-0.05, 0) is 38.8 Å². The summed E-state index contributed by atoms with van der Waals surface area (Å²) in [5, 5.41) is 3.55. The van der Waals surface area contributed by atoms with E-state index in [4.69, 9.17) is 4.74 Å². The average molecular weight is 228 g/mol. The SMILES string of the molecule is CCCOCCCN1CCCC(NCC)C1. The quantitative estimate of drug-likeness (QED) is 0.642. The Hall–Kier alpha value is -0.120. The first-order valence-corrected chi connectivity index (χ1v) is 6.90. The van der Waals surface area contributed by atoms with Crippen LogP contribution in [0.4, 0.5) is 0 Å². The van der Waals surface area contributed by atoms with Gasteiger partial charge in [-0.3, -0.25) is 0 Å². The van der Waals surface area contributed by atoms with Crippen molar-refractivity contribution >= 4 is 0 Å². The molecule has 1 atom stereocenters. The minimum Gasteiger partial charge on any atom is -0.381 e. The highest BCUT2D eigenvalue weighted by Crippen LogP contribution is 2.10. The fourth-order valence-electron chi connectivity index (χ4n) is 2.35. The summed E-state index contributed by atoms with van der Waals surface area (Å²) in [5.41, 5.74) is 0. The van der Waals surface area contributed by atoms with E-state index in [9.17, 15) is 0 Å². The second-order valence-corrected chi connectivity index (χ2v) is 4.66. The number of hydrogen-bond acceptors (Lipinski definition) is 3. The van der Waals surface area contributed by atoms with E-state index in [0.29, 0.717) is 0 Å². The molecule has 1 heterocycles. The van der Waals surface area contributed by atoms with Crippen LogP contribution >= 0.6 is 0 Å². The molecule has 1 unspecified atom stereocenters. The monoisotopic (exact) mass is 228 g/mol. The largest absolute Gasteiger partial charge is 0.381 e. The topological polar surface area (TPSA) is 24.5 Å². The van der Waals surface area contributed by atoms with E-state index in [2.05, 4.69) is 24.1 Å². The summed E-state index contributed by atoms with van der Waals surface area (Å²) in [7, 11) is 0. The Labute approximate surface area is 101 Å². The molecule has 1 fully saturated rings. The Kier molecular flexibility index (Phi) is 7.81. The van der Waals surface area contributed by atoms with Crippen LogP contribution in [-0.2, 0) is 4.74 Å². The van der Waals surface area contributed by atoms with Gasteiger partial charge in [-0.25, -0.2) is 0 Å².